The largest absolute Gasteiger partial charge is 0.463 e. The Morgan fingerprint density at radius 2 is 1.49 bits per heavy atom. The minimum absolute atomic E-state index is 0.149. The van der Waals surface area contributed by atoms with E-state index in [1.165, 1.54) is 24.2 Å². The monoisotopic (exact) mass is 578 g/mol. The normalized spacial score (nSPS) is 15.9. The number of carbonyl (C=O) groups excluding carboxylic acids is 2. The molecule has 0 aromatic heterocycles. The lowest BCUT2D eigenvalue weighted by Crippen LogP contribution is -2.17. The molecule has 216 valence electrons. The standard InChI is InChI=1S/C30H42O7S2/c1-23-7-8-27-22-25(9-10-26(27)21-23)24(2)30(32)37-19-17-35-15-13-33-12-14-34-16-18-36-29(31)6-4-3-5-28-11-20-38-39-28/h7-10,21-22,24,28H,3-6,11-20H2,1-2H3/t24-,28?/m0/s1. The van der Waals surface area contributed by atoms with Gasteiger partial charge in [-0.25, -0.2) is 0 Å². The van der Waals surface area contributed by atoms with Crippen molar-refractivity contribution in [2.24, 2.45) is 0 Å². The third-order valence-electron chi connectivity index (χ3n) is 6.46. The molecule has 7 nitrogen and oxygen atoms in total. The van der Waals surface area contributed by atoms with Crippen molar-refractivity contribution in [3.63, 3.8) is 0 Å². The van der Waals surface area contributed by atoms with Crippen LogP contribution in [0, 0.1) is 6.92 Å². The number of hydrogen-bond acceptors (Lipinski definition) is 9. The van der Waals surface area contributed by atoms with E-state index in [9.17, 15) is 9.59 Å². The second-order valence-electron chi connectivity index (χ2n) is 9.63. The summed E-state index contributed by atoms with van der Waals surface area (Å²) in [6, 6.07) is 12.3. The number of rotatable bonds is 19. The molecular weight excluding hydrogens is 536 g/mol. The van der Waals surface area contributed by atoms with Crippen LogP contribution in [0.3, 0.4) is 0 Å². The molecular formula is C30H42O7S2. The van der Waals surface area contributed by atoms with Crippen LogP contribution >= 0.6 is 21.6 Å². The molecule has 9 heteroatoms. The first-order valence-corrected chi connectivity index (χ1v) is 16.2. The molecule has 0 bridgehead atoms. The molecule has 0 spiro atoms. The molecule has 0 N–H and O–H groups in total. The summed E-state index contributed by atoms with van der Waals surface area (Å²) in [5.74, 6) is 0.501. The van der Waals surface area contributed by atoms with E-state index in [0.29, 0.717) is 46.1 Å². The summed E-state index contributed by atoms with van der Waals surface area (Å²) in [4.78, 5) is 24.2. The second kappa shape index (κ2) is 18.5. The molecule has 2 aromatic carbocycles. The van der Waals surface area contributed by atoms with E-state index in [4.69, 9.17) is 23.7 Å². The zero-order chi connectivity index (χ0) is 27.7. The predicted octanol–water partition coefficient (Wildman–Crippen LogP) is 6.10. The number of hydrogen-bond donors (Lipinski definition) is 0. The molecule has 2 atom stereocenters. The van der Waals surface area contributed by atoms with Crippen LogP contribution in [-0.4, -0.2) is 75.8 Å². The average molecular weight is 579 g/mol. The van der Waals surface area contributed by atoms with E-state index in [0.717, 1.165) is 34.4 Å². The van der Waals surface area contributed by atoms with Crippen LogP contribution in [-0.2, 0) is 33.3 Å². The molecule has 1 unspecified atom stereocenters. The van der Waals surface area contributed by atoms with Crippen molar-refractivity contribution in [3.05, 3.63) is 47.5 Å². The number of benzene rings is 2. The summed E-state index contributed by atoms with van der Waals surface area (Å²) >= 11 is 0. The highest BCUT2D eigenvalue weighted by atomic mass is 33.1. The molecule has 1 aliphatic rings. The van der Waals surface area contributed by atoms with Crippen LogP contribution in [0.25, 0.3) is 10.8 Å². The van der Waals surface area contributed by atoms with Crippen molar-refractivity contribution in [1.29, 1.82) is 0 Å². The zero-order valence-corrected chi connectivity index (χ0v) is 24.8. The number of aryl methyl sites for hydroxylation is 1. The maximum atomic E-state index is 12.4. The molecule has 1 saturated heterocycles. The van der Waals surface area contributed by atoms with E-state index in [1.54, 1.807) is 0 Å². The molecule has 0 amide bonds. The third-order valence-corrected chi connectivity index (χ3v) is 9.47. The molecule has 1 fully saturated rings. The second-order valence-corrected chi connectivity index (χ2v) is 12.4. The van der Waals surface area contributed by atoms with E-state index >= 15 is 0 Å². The first-order chi connectivity index (χ1) is 19.0. The van der Waals surface area contributed by atoms with Gasteiger partial charge in [-0.3, -0.25) is 9.59 Å². The van der Waals surface area contributed by atoms with E-state index in [-0.39, 0.29) is 31.1 Å². The molecule has 0 radical (unpaired) electrons. The number of fused-ring (bicyclic) bond motifs is 1. The van der Waals surface area contributed by atoms with Gasteiger partial charge in [0.25, 0.3) is 0 Å². The van der Waals surface area contributed by atoms with Crippen molar-refractivity contribution in [2.45, 2.75) is 57.1 Å². The van der Waals surface area contributed by atoms with Gasteiger partial charge in [-0.1, -0.05) is 70.0 Å². The average Bonchev–Trinajstić information content (AvgIpc) is 3.46. The summed E-state index contributed by atoms with van der Waals surface area (Å²) < 4.78 is 27.0. The van der Waals surface area contributed by atoms with Crippen molar-refractivity contribution < 1.29 is 33.3 Å². The number of carbonyl (C=O) groups is 2. The van der Waals surface area contributed by atoms with E-state index in [1.807, 2.05) is 46.7 Å². The van der Waals surface area contributed by atoms with Crippen LogP contribution < -0.4 is 0 Å². The lowest BCUT2D eigenvalue weighted by Gasteiger charge is -2.13. The van der Waals surface area contributed by atoms with Gasteiger partial charge in [-0.05, 0) is 49.4 Å². The summed E-state index contributed by atoms with van der Waals surface area (Å²) in [5, 5.41) is 3.04. The molecule has 0 aliphatic carbocycles. The summed E-state index contributed by atoms with van der Waals surface area (Å²) in [6.07, 6.45) is 4.94. The Morgan fingerprint density at radius 3 is 2.18 bits per heavy atom. The van der Waals surface area contributed by atoms with Crippen LogP contribution in [0.5, 0.6) is 0 Å². The summed E-state index contributed by atoms with van der Waals surface area (Å²) in [7, 11) is 3.94. The number of unbranched alkanes of at least 4 members (excludes halogenated alkanes) is 1. The van der Waals surface area contributed by atoms with Gasteiger partial charge in [-0.2, -0.15) is 0 Å². The first-order valence-electron chi connectivity index (χ1n) is 13.9. The van der Waals surface area contributed by atoms with Gasteiger partial charge in [0.15, 0.2) is 0 Å². The van der Waals surface area contributed by atoms with Gasteiger partial charge in [0.1, 0.15) is 13.2 Å². The minimum Gasteiger partial charge on any atom is -0.463 e. The maximum Gasteiger partial charge on any atom is 0.313 e. The Morgan fingerprint density at radius 1 is 0.846 bits per heavy atom. The SMILES string of the molecule is Cc1ccc2cc([C@H](C)C(=O)OCCOCCOCCOCCOC(=O)CCCCC3CCSS3)ccc2c1. The Balaban J connectivity index is 1.09. The van der Waals surface area contributed by atoms with Crippen molar-refractivity contribution in [1.82, 2.24) is 0 Å². The van der Waals surface area contributed by atoms with Crippen LogP contribution in [0.15, 0.2) is 36.4 Å². The number of esters is 2. The highest BCUT2D eigenvalue weighted by Crippen LogP contribution is 2.39. The van der Waals surface area contributed by atoms with Gasteiger partial charge in [0.05, 0.1) is 45.6 Å². The molecule has 39 heavy (non-hydrogen) atoms. The first kappa shape index (κ1) is 31.7. The zero-order valence-electron chi connectivity index (χ0n) is 23.2. The Hall–Kier alpha value is -1.78. The minimum atomic E-state index is -0.340. The van der Waals surface area contributed by atoms with Crippen molar-refractivity contribution >= 4 is 44.3 Å². The molecule has 1 aliphatic heterocycles. The molecule has 0 saturated carbocycles. The fourth-order valence-electron chi connectivity index (χ4n) is 4.15. The smallest absolute Gasteiger partial charge is 0.313 e. The molecule has 3 rings (SSSR count). The van der Waals surface area contributed by atoms with Gasteiger partial charge < -0.3 is 23.7 Å². The van der Waals surface area contributed by atoms with E-state index in [2.05, 4.69) is 25.1 Å². The Bertz CT molecular complexity index is 1010. The fourth-order valence-corrected chi connectivity index (χ4v) is 7.18. The van der Waals surface area contributed by atoms with Crippen LogP contribution in [0.2, 0.25) is 0 Å². The van der Waals surface area contributed by atoms with Crippen molar-refractivity contribution in [2.75, 3.05) is 58.6 Å². The van der Waals surface area contributed by atoms with Gasteiger partial charge >= 0.3 is 11.9 Å². The molecule has 2 aromatic rings. The van der Waals surface area contributed by atoms with Crippen LogP contribution in [0.1, 0.15) is 56.1 Å². The lowest BCUT2D eigenvalue weighted by molar-refractivity contribution is -0.147. The quantitative estimate of drug-likeness (QED) is 0.112. The number of ether oxygens (including phenoxy) is 5. The topological polar surface area (TPSA) is 80.3 Å². The van der Waals surface area contributed by atoms with Gasteiger partial charge in [0, 0.05) is 17.4 Å². The Labute approximate surface area is 240 Å². The van der Waals surface area contributed by atoms with Crippen molar-refractivity contribution in [3.8, 4) is 0 Å². The lowest BCUT2D eigenvalue weighted by atomic mass is 9.97. The van der Waals surface area contributed by atoms with Gasteiger partial charge in [0.2, 0.25) is 0 Å². The fraction of sp³-hybridized carbons (Fsp3) is 0.600. The highest BCUT2D eigenvalue weighted by molar-refractivity contribution is 8.77. The molecule has 1 heterocycles. The third kappa shape index (κ3) is 12.5. The summed E-state index contributed by atoms with van der Waals surface area (Å²) in [6.45, 7) is 6.79. The maximum absolute atomic E-state index is 12.4. The summed E-state index contributed by atoms with van der Waals surface area (Å²) in [5.41, 5.74) is 2.15. The van der Waals surface area contributed by atoms with Crippen LogP contribution in [0.4, 0.5) is 0 Å². The highest BCUT2D eigenvalue weighted by Gasteiger charge is 2.17. The van der Waals surface area contributed by atoms with E-state index < -0.39 is 0 Å². The van der Waals surface area contributed by atoms with Gasteiger partial charge in [-0.15, -0.1) is 0 Å². The Kier molecular flexibility index (Phi) is 15.1. The predicted molar refractivity (Wildman–Crippen MR) is 158 cm³/mol.